The number of amides is 1. The van der Waals surface area contributed by atoms with Gasteiger partial charge in [0.1, 0.15) is 10.9 Å². The third-order valence-electron chi connectivity index (χ3n) is 1.48. The smallest absolute Gasteiger partial charge is 0.260 e. The molecule has 1 rings (SSSR count). The SMILES string of the molecule is O=C(NC(Cl)=CCl)c1ccccc1O. The molecule has 0 saturated carbocycles. The number of phenolic OH excluding ortho intramolecular Hbond substituents is 1. The van der Waals surface area contributed by atoms with E-state index in [2.05, 4.69) is 5.32 Å². The molecule has 0 unspecified atom stereocenters. The van der Waals surface area contributed by atoms with E-state index >= 15 is 0 Å². The van der Waals surface area contributed by atoms with Gasteiger partial charge in [-0.05, 0) is 12.1 Å². The molecule has 0 fully saturated rings. The zero-order valence-electron chi connectivity index (χ0n) is 7.00. The minimum absolute atomic E-state index is 0.0000743. The lowest BCUT2D eigenvalue weighted by Gasteiger charge is -2.04. The highest BCUT2D eigenvalue weighted by molar-refractivity contribution is 6.37. The van der Waals surface area contributed by atoms with E-state index in [1.807, 2.05) is 0 Å². The molecule has 0 heterocycles. The first-order valence-electron chi connectivity index (χ1n) is 3.70. The Bertz CT molecular complexity index is 377. The predicted octanol–water partition coefficient (Wildman–Crippen LogP) is 2.40. The van der Waals surface area contributed by atoms with Crippen LogP contribution >= 0.6 is 23.2 Å². The molecule has 0 radical (unpaired) electrons. The van der Waals surface area contributed by atoms with E-state index in [1.54, 1.807) is 12.1 Å². The number of rotatable bonds is 2. The van der Waals surface area contributed by atoms with Gasteiger partial charge in [0.15, 0.2) is 0 Å². The van der Waals surface area contributed by atoms with E-state index in [1.165, 1.54) is 12.1 Å². The molecule has 0 atom stereocenters. The number of nitrogens with one attached hydrogen (secondary N) is 1. The Hall–Kier alpha value is -1.19. The van der Waals surface area contributed by atoms with E-state index in [-0.39, 0.29) is 16.5 Å². The summed E-state index contributed by atoms with van der Waals surface area (Å²) in [5, 5.41) is 11.6. The van der Waals surface area contributed by atoms with Gasteiger partial charge in [0.05, 0.1) is 5.56 Å². The van der Waals surface area contributed by atoms with Gasteiger partial charge in [0, 0.05) is 5.54 Å². The van der Waals surface area contributed by atoms with Gasteiger partial charge in [-0.3, -0.25) is 4.79 Å². The van der Waals surface area contributed by atoms with Gasteiger partial charge >= 0.3 is 0 Å². The van der Waals surface area contributed by atoms with Gasteiger partial charge in [0.25, 0.3) is 5.91 Å². The summed E-state index contributed by atoms with van der Waals surface area (Å²) in [7, 11) is 0. The van der Waals surface area contributed by atoms with Crippen molar-refractivity contribution in [2.24, 2.45) is 0 Å². The number of halogens is 2. The fourth-order valence-corrected chi connectivity index (χ4v) is 1.01. The number of carbonyl (C=O) groups excluding carboxylic acids is 1. The second-order valence-corrected chi connectivity index (χ2v) is 3.05. The molecular formula is C9H7Cl2NO2. The zero-order valence-corrected chi connectivity index (χ0v) is 8.51. The summed E-state index contributed by atoms with van der Waals surface area (Å²) in [6.45, 7) is 0. The van der Waals surface area contributed by atoms with Crippen molar-refractivity contribution in [2.45, 2.75) is 0 Å². The molecule has 0 aliphatic rings. The molecule has 0 bridgehead atoms. The van der Waals surface area contributed by atoms with E-state index in [9.17, 15) is 9.90 Å². The van der Waals surface area contributed by atoms with Gasteiger partial charge < -0.3 is 10.4 Å². The molecule has 5 heteroatoms. The van der Waals surface area contributed by atoms with Crippen molar-refractivity contribution in [3.63, 3.8) is 0 Å². The first-order chi connectivity index (χ1) is 6.65. The molecule has 1 aromatic carbocycles. The summed E-state index contributed by atoms with van der Waals surface area (Å²) in [5.74, 6) is -0.617. The Labute approximate surface area is 90.9 Å². The van der Waals surface area contributed by atoms with Crippen LogP contribution in [-0.4, -0.2) is 11.0 Å². The topological polar surface area (TPSA) is 49.3 Å². The number of aromatic hydroxyl groups is 1. The third-order valence-corrected chi connectivity index (χ3v) is 2.01. The Balaban J connectivity index is 2.85. The van der Waals surface area contributed by atoms with Crippen molar-refractivity contribution in [3.05, 3.63) is 40.5 Å². The zero-order chi connectivity index (χ0) is 10.6. The molecule has 0 spiro atoms. The fraction of sp³-hybridized carbons (Fsp3) is 0. The molecule has 0 aromatic heterocycles. The number of hydrogen-bond donors (Lipinski definition) is 2. The molecule has 0 saturated heterocycles. The summed E-state index contributed by atoms with van der Waals surface area (Å²) in [6.07, 6.45) is 0. The highest BCUT2D eigenvalue weighted by Crippen LogP contribution is 2.15. The molecular weight excluding hydrogens is 225 g/mol. The molecule has 1 aromatic rings. The van der Waals surface area contributed by atoms with Crippen molar-refractivity contribution in [1.82, 2.24) is 5.32 Å². The van der Waals surface area contributed by atoms with Crippen molar-refractivity contribution in [2.75, 3.05) is 0 Å². The van der Waals surface area contributed by atoms with Gasteiger partial charge in [-0.25, -0.2) is 0 Å². The van der Waals surface area contributed by atoms with E-state index in [0.717, 1.165) is 5.54 Å². The summed E-state index contributed by atoms with van der Waals surface area (Å²) >= 11 is 10.7. The quantitative estimate of drug-likeness (QED) is 0.769. The van der Waals surface area contributed by atoms with Gasteiger partial charge in [-0.2, -0.15) is 0 Å². The number of carbonyl (C=O) groups is 1. The Morgan fingerprint density at radius 2 is 2.07 bits per heavy atom. The lowest BCUT2D eigenvalue weighted by atomic mass is 10.2. The van der Waals surface area contributed by atoms with Crippen LogP contribution in [0.4, 0.5) is 0 Å². The molecule has 0 aliphatic heterocycles. The maximum atomic E-state index is 11.4. The van der Waals surface area contributed by atoms with Crippen LogP contribution in [-0.2, 0) is 0 Å². The number of benzene rings is 1. The van der Waals surface area contributed by atoms with Crippen LogP contribution in [0.5, 0.6) is 5.75 Å². The van der Waals surface area contributed by atoms with Crippen molar-refractivity contribution < 1.29 is 9.90 Å². The number of phenols is 1. The Kier molecular flexibility index (Phi) is 3.80. The lowest BCUT2D eigenvalue weighted by molar-refractivity contribution is 0.0966. The molecule has 2 N–H and O–H groups in total. The van der Waals surface area contributed by atoms with Gasteiger partial charge in [0.2, 0.25) is 0 Å². The second-order valence-electron chi connectivity index (χ2n) is 2.43. The highest BCUT2D eigenvalue weighted by atomic mass is 35.5. The normalized spacial score (nSPS) is 11.1. The van der Waals surface area contributed by atoms with Crippen LogP contribution in [0.15, 0.2) is 35.0 Å². The lowest BCUT2D eigenvalue weighted by Crippen LogP contribution is -2.20. The van der Waals surface area contributed by atoms with Crippen LogP contribution in [0.1, 0.15) is 10.4 Å². The largest absolute Gasteiger partial charge is 0.507 e. The van der Waals surface area contributed by atoms with Crippen LogP contribution in [0.25, 0.3) is 0 Å². The van der Waals surface area contributed by atoms with Crippen molar-refractivity contribution in [1.29, 1.82) is 0 Å². The van der Waals surface area contributed by atoms with Crippen molar-refractivity contribution >= 4 is 29.1 Å². The number of hydrogen-bond acceptors (Lipinski definition) is 2. The highest BCUT2D eigenvalue weighted by Gasteiger charge is 2.10. The average molecular weight is 232 g/mol. The summed E-state index contributed by atoms with van der Waals surface area (Å²) in [4.78, 5) is 11.4. The van der Waals surface area contributed by atoms with Gasteiger partial charge in [-0.1, -0.05) is 35.3 Å². The minimum Gasteiger partial charge on any atom is -0.507 e. The molecule has 74 valence electrons. The molecule has 3 nitrogen and oxygen atoms in total. The first kappa shape index (κ1) is 10.9. The van der Waals surface area contributed by atoms with Crippen LogP contribution < -0.4 is 5.32 Å². The maximum absolute atomic E-state index is 11.4. The number of para-hydroxylation sites is 1. The maximum Gasteiger partial charge on any atom is 0.260 e. The molecule has 14 heavy (non-hydrogen) atoms. The second kappa shape index (κ2) is 4.88. The Morgan fingerprint density at radius 1 is 1.43 bits per heavy atom. The summed E-state index contributed by atoms with van der Waals surface area (Å²) in [6, 6.07) is 6.13. The first-order valence-corrected chi connectivity index (χ1v) is 4.52. The minimum atomic E-state index is -0.509. The summed E-state index contributed by atoms with van der Waals surface area (Å²) in [5.41, 5.74) is 1.17. The summed E-state index contributed by atoms with van der Waals surface area (Å²) < 4.78 is 0. The molecule has 0 aliphatic carbocycles. The van der Waals surface area contributed by atoms with E-state index in [4.69, 9.17) is 23.2 Å². The predicted molar refractivity (Wildman–Crippen MR) is 55.4 cm³/mol. The van der Waals surface area contributed by atoms with Gasteiger partial charge in [-0.15, -0.1) is 0 Å². The van der Waals surface area contributed by atoms with Crippen LogP contribution in [0.2, 0.25) is 0 Å². The van der Waals surface area contributed by atoms with E-state index < -0.39 is 5.91 Å². The molecule has 1 amide bonds. The monoisotopic (exact) mass is 231 g/mol. The fourth-order valence-electron chi connectivity index (χ4n) is 0.869. The average Bonchev–Trinajstić information content (AvgIpc) is 2.18. The van der Waals surface area contributed by atoms with Crippen LogP contribution in [0.3, 0.4) is 0 Å². The third kappa shape index (κ3) is 2.65. The Morgan fingerprint density at radius 3 is 2.64 bits per heavy atom. The van der Waals surface area contributed by atoms with E-state index in [0.29, 0.717) is 0 Å². The van der Waals surface area contributed by atoms with Crippen LogP contribution in [0, 0.1) is 0 Å². The van der Waals surface area contributed by atoms with Crippen molar-refractivity contribution in [3.8, 4) is 5.75 Å². The standard InChI is InChI=1S/C9H7Cl2NO2/c10-5-8(11)12-9(14)6-3-1-2-4-7(6)13/h1-5,13H,(H,12,14).